The number of hydrogen-bond donors (Lipinski definition) is 4. The Hall–Kier alpha value is -2.19. The lowest BCUT2D eigenvalue weighted by atomic mass is 10.1. The molecule has 0 aliphatic carbocycles. The highest BCUT2D eigenvalue weighted by atomic mass is 16.4. The predicted molar refractivity (Wildman–Crippen MR) is 104 cm³/mol. The number of carboxylic acids is 1. The Morgan fingerprint density at radius 2 is 2.07 bits per heavy atom. The second-order valence-electron chi connectivity index (χ2n) is 7.09. The van der Waals surface area contributed by atoms with Crippen molar-refractivity contribution in [2.24, 2.45) is 11.5 Å². The van der Waals surface area contributed by atoms with Gasteiger partial charge in [-0.25, -0.2) is 4.98 Å². The zero-order chi connectivity index (χ0) is 19.6. The highest BCUT2D eigenvalue weighted by Crippen LogP contribution is 2.20. The van der Waals surface area contributed by atoms with Crippen LogP contribution in [-0.4, -0.2) is 59.1 Å². The summed E-state index contributed by atoms with van der Waals surface area (Å²) in [5, 5.41) is 12.3. The number of amides is 1. The van der Waals surface area contributed by atoms with Gasteiger partial charge in [-0.15, -0.1) is 0 Å². The predicted octanol–water partition coefficient (Wildman–Crippen LogP) is 0.742. The number of anilines is 1. The third-order valence-corrected chi connectivity index (χ3v) is 4.86. The third kappa shape index (κ3) is 7.52. The molecule has 0 radical (unpaired) electrons. The molecule has 0 aromatic carbocycles. The standard InChI is InChI=1S/C19H31N5O3/c20-16(19(26)27)8-12-24(13-9-17(21)25)11-2-1-5-15-7-6-14-4-3-10-22-18(14)23-15/h6-7,16H,1-5,8-13,20H2,(H2,21,25)(H,22,23)(H,26,27)/t16-/m0/s1. The number of primary amides is 1. The molecule has 8 nitrogen and oxygen atoms in total. The van der Waals surface area contributed by atoms with Crippen molar-refractivity contribution >= 4 is 17.7 Å². The molecule has 1 aliphatic rings. The van der Waals surface area contributed by atoms with Crippen LogP contribution in [0.25, 0.3) is 0 Å². The first-order chi connectivity index (χ1) is 13.0. The Morgan fingerprint density at radius 1 is 1.26 bits per heavy atom. The summed E-state index contributed by atoms with van der Waals surface area (Å²) >= 11 is 0. The van der Waals surface area contributed by atoms with Crippen molar-refractivity contribution in [1.82, 2.24) is 9.88 Å². The first-order valence-electron chi connectivity index (χ1n) is 9.67. The molecule has 8 heteroatoms. The summed E-state index contributed by atoms with van der Waals surface area (Å²) in [6, 6.07) is 3.38. The highest BCUT2D eigenvalue weighted by molar-refractivity contribution is 5.74. The van der Waals surface area contributed by atoms with Crippen molar-refractivity contribution in [3.05, 3.63) is 23.4 Å². The second-order valence-corrected chi connectivity index (χ2v) is 7.09. The van der Waals surface area contributed by atoms with E-state index in [0.29, 0.717) is 19.5 Å². The maximum Gasteiger partial charge on any atom is 0.320 e. The van der Waals surface area contributed by atoms with Crippen molar-refractivity contribution in [2.45, 2.75) is 51.0 Å². The molecule has 6 N–H and O–H groups in total. The molecule has 150 valence electrons. The van der Waals surface area contributed by atoms with Gasteiger partial charge in [-0.2, -0.15) is 0 Å². The summed E-state index contributed by atoms with van der Waals surface area (Å²) in [5.41, 5.74) is 13.2. The van der Waals surface area contributed by atoms with Gasteiger partial charge in [0.25, 0.3) is 0 Å². The molecule has 0 bridgehead atoms. The lowest BCUT2D eigenvalue weighted by Gasteiger charge is -2.22. The van der Waals surface area contributed by atoms with Gasteiger partial charge in [-0.1, -0.05) is 6.07 Å². The fourth-order valence-electron chi connectivity index (χ4n) is 3.20. The molecule has 2 rings (SSSR count). The number of aromatic nitrogens is 1. The zero-order valence-electron chi connectivity index (χ0n) is 15.8. The van der Waals surface area contributed by atoms with E-state index in [1.54, 1.807) is 0 Å². The fraction of sp³-hybridized carbons (Fsp3) is 0.632. The van der Waals surface area contributed by atoms with Crippen molar-refractivity contribution in [2.75, 3.05) is 31.5 Å². The van der Waals surface area contributed by atoms with Gasteiger partial charge in [-0.05, 0) is 56.7 Å². The molecule has 1 amide bonds. The van der Waals surface area contributed by atoms with Crippen LogP contribution in [0.15, 0.2) is 12.1 Å². The van der Waals surface area contributed by atoms with Gasteiger partial charge >= 0.3 is 5.97 Å². The van der Waals surface area contributed by atoms with E-state index < -0.39 is 12.0 Å². The van der Waals surface area contributed by atoms with Crippen LogP contribution < -0.4 is 16.8 Å². The number of unbranched alkanes of at least 4 members (excludes halogenated alkanes) is 1. The van der Waals surface area contributed by atoms with Crippen LogP contribution in [-0.2, 0) is 22.4 Å². The van der Waals surface area contributed by atoms with E-state index in [-0.39, 0.29) is 12.3 Å². The van der Waals surface area contributed by atoms with Gasteiger partial charge < -0.3 is 26.8 Å². The van der Waals surface area contributed by atoms with Crippen molar-refractivity contribution < 1.29 is 14.7 Å². The molecule has 0 fully saturated rings. The van der Waals surface area contributed by atoms with E-state index in [1.807, 2.05) is 0 Å². The molecule has 0 unspecified atom stereocenters. The molecular weight excluding hydrogens is 346 g/mol. The van der Waals surface area contributed by atoms with Gasteiger partial charge in [0.05, 0.1) is 0 Å². The summed E-state index contributed by atoms with van der Waals surface area (Å²) in [6.07, 6.45) is 5.67. The second kappa shape index (κ2) is 10.8. The molecule has 1 aliphatic heterocycles. The number of rotatable bonds is 12. The average molecular weight is 377 g/mol. The lowest BCUT2D eigenvalue weighted by molar-refractivity contribution is -0.138. The smallest absolute Gasteiger partial charge is 0.320 e. The van der Waals surface area contributed by atoms with Crippen LogP contribution in [0, 0.1) is 0 Å². The van der Waals surface area contributed by atoms with Crippen LogP contribution in [0.5, 0.6) is 0 Å². The van der Waals surface area contributed by atoms with Crippen molar-refractivity contribution in [1.29, 1.82) is 0 Å². The molecular formula is C19H31N5O3. The highest BCUT2D eigenvalue weighted by Gasteiger charge is 2.15. The SMILES string of the molecule is NC(=O)CCN(CCCCc1ccc2c(n1)NCCC2)CC[C@H](N)C(=O)O. The first-order valence-corrected chi connectivity index (χ1v) is 9.67. The monoisotopic (exact) mass is 377 g/mol. The maximum absolute atomic E-state index is 11.0. The number of pyridine rings is 1. The minimum absolute atomic E-state index is 0.264. The Morgan fingerprint density at radius 3 is 2.81 bits per heavy atom. The van der Waals surface area contributed by atoms with Gasteiger partial charge in [-0.3, -0.25) is 9.59 Å². The topological polar surface area (TPSA) is 135 Å². The van der Waals surface area contributed by atoms with E-state index in [2.05, 4.69) is 22.3 Å². The number of aryl methyl sites for hydroxylation is 2. The normalized spacial score (nSPS) is 14.4. The molecule has 1 aromatic rings. The van der Waals surface area contributed by atoms with Gasteiger partial charge in [0.2, 0.25) is 5.91 Å². The number of carboxylic acid groups (broad SMARTS) is 1. The molecule has 1 atom stereocenters. The molecule has 1 aromatic heterocycles. The first kappa shape index (κ1) is 21.1. The Bertz CT molecular complexity index is 638. The zero-order valence-corrected chi connectivity index (χ0v) is 15.8. The molecule has 0 saturated carbocycles. The van der Waals surface area contributed by atoms with Gasteiger partial charge in [0.1, 0.15) is 11.9 Å². The number of carbonyl (C=O) groups excluding carboxylic acids is 1. The Kier molecular flexibility index (Phi) is 8.47. The van der Waals surface area contributed by atoms with Crippen LogP contribution in [0.3, 0.4) is 0 Å². The number of fused-ring (bicyclic) bond motifs is 1. The molecule has 0 spiro atoms. The summed E-state index contributed by atoms with van der Waals surface area (Å²) in [6.45, 7) is 2.84. The van der Waals surface area contributed by atoms with E-state index >= 15 is 0 Å². The Labute approximate surface area is 160 Å². The van der Waals surface area contributed by atoms with E-state index in [9.17, 15) is 9.59 Å². The van der Waals surface area contributed by atoms with Crippen molar-refractivity contribution in [3.8, 4) is 0 Å². The van der Waals surface area contributed by atoms with Crippen LogP contribution in [0.2, 0.25) is 0 Å². The third-order valence-electron chi connectivity index (χ3n) is 4.86. The Balaban J connectivity index is 1.76. The van der Waals surface area contributed by atoms with E-state index in [0.717, 1.165) is 56.7 Å². The largest absolute Gasteiger partial charge is 0.480 e. The minimum atomic E-state index is -1.00. The summed E-state index contributed by atoms with van der Waals surface area (Å²) in [4.78, 5) is 28.7. The van der Waals surface area contributed by atoms with Gasteiger partial charge in [0.15, 0.2) is 0 Å². The summed E-state index contributed by atoms with van der Waals surface area (Å²) < 4.78 is 0. The maximum atomic E-state index is 11.0. The number of nitrogens with one attached hydrogen (secondary N) is 1. The van der Waals surface area contributed by atoms with E-state index in [4.69, 9.17) is 21.6 Å². The van der Waals surface area contributed by atoms with Crippen LogP contribution >= 0.6 is 0 Å². The number of hydrogen-bond acceptors (Lipinski definition) is 6. The molecule has 0 saturated heterocycles. The quantitative estimate of drug-likeness (QED) is 0.395. The number of aliphatic carboxylic acids is 1. The van der Waals surface area contributed by atoms with Crippen LogP contribution in [0.1, 0.15) is 43.4 Å². The van der Waals surface area contributed by atoms with E-state index in [1.165, 1.54) is 5.56 Å². The van der Waals surface area contributed by atoms with Crippen LogP contribution in [0.4, 0.5) is 5.82 Å². The number of nitrogens with zero attached hydrogens (tertiary/aromatic N) is 2. The minimum Gasteiger partial charge on any atom is -0.480 e. The average Bonchev–Trinajstić information content (AvgIpc) is 2.65. The van der Waals surface area contributed by atoms with Crippen molar-refractivity contribution in [3.63, 3.8) is 0 Å². The molecule has 27 heavy (non-hydrogen) atoms. The number of nitrogens with two attached hydrogens (primary N) is 2. The fourth-order valence-corrected chi connectivity index (χ4v) is 3.20. The summed E-state index contributed by atoms with van der Waals surface area (Å²) in [7, 11) is 0. The molecule has 2 heterocycles. The number of carbonyl (C=O) groups is 2. The summed E-state index contributed by atoms with van der Waals surface area (Å²) in [5.74, 6) is -0.338. The van der Waals surface area contributed by atoms with Gasteiger partial charge in [0, 0.05) is 31.7 Å². The lowest BCUT2D eigenvalue weighted by Crippen LogP contribution is -2.37.